The number of rotatable bonds is 5. The van der Waals surface area contributed by atoms with E-state index < -0.39 is 0 Å². The molecular weight excluding hydrogens is 265 g/mol. The fraction of sp³-hybridized carbons (Fsp3) is 0.667. The molecule has 1 aliphatic rings. The lowest BCUT2D eigenvalue weighted by Gasteiger charge is -2.20. The number of hydrogen-bond acceptors (Lipinski definition) is 2. The Hall–Kier alpha value is -1.25. The van der Waals surface area contributed by atoms with Crippen molar-refractivity contribution in [1.29, 1.82) is 0 Å². The van der Waals surface area contributed by atoms with Gasteiger partial charge in [-0.05, 0) is 50.2 Å². The molecule has 0 saturated heterocycles. The molecule has 1 aromatic carbocycles. The Morgan fingerprint density at radius 2 is 2.05 bits per heavy atom. The van der Waals surface area contributed by atoms with Gasteiger partial charge < -0.3 is 10.1 Å². The summed E-state index contributed by atoms with van der Waals surface area (Å²) in [4.78, 5) is 0. The third kappa shape index (κ3) is 4.62. The van der Waals surface area contributed by atoms with E-state index >= 15 is 0 Å². The van der Waals surface area contributed by atoms with Crippen molar-refractivity contribution in [3.05, 3.63) is 24.0 Å². The summed E-state index contributed by atoms with van der Waals surface area (Å²) in [6, 6.07) is 5.65. The maximum absolute atomic E-state index is 13.9. The van der Waals surface area contributed by atoms with E-state index in [4.69, 9.17) is 4.74 Å². The summed E-state index contributed by atoms with van der Waals surface area (Å²) in [5.41, 5.74) is 0.865. The third-order valence-electron chi connectivity index (χ3n) is 4.56. The number of hydrogen-bond donors (Lipinski definition) is 1. The Bertz CT molecular complexity index is 447. The Labute approximate surface area is 128 Å². The second kappa shape index (κ2) is 7.67. The molecule has 1 fully saturated rings. The van der Waals surface area contributed by atoms with E-state index in [2.05, 4.69) is 19.2 Å². The predicted molar refractivity (Wildman–Crippen MR) is 86.4 cm³/mol. The molecule has 1 saturated carbocycles. The highest BCUT2D eigenvalue weighted by molar-refractivity contribution is 5.48. The number of anilines is 1. The second-order valence-electron chi connectivity index (χ2n) is 6.43. The highest BCUT2D eigenvalue weighted by atomic mass is 19.1. The number of nitrogens with one attached hydrogen (secondary N) is 1. The fourth-order valence-electron chi connectivity index (χ4n) is 3.24. The quantitative estimate of drug-likeness (QED) is 0.749. The lowest BCUT2D eigenvalue weighted by atomic mass is 9.89. The van der Waals surface area contributed by atoms with Gasteiger partial charge in [0.25, 0.3) is 0 Å². The van der Waals surface area contributed by atoms with E-state index in [-0.39, 0.29) is 5.82 Å². The predicted octanol–water partition coefficient (Wildman–Crippen LogP) is 5.24. The topological polar surface area (TPSA) is 21.3 Å². The highest BCUT2D eigenvalue weighted by Gasteiger charge is 2.21. The molecule has 0 spiro atoms. The molecule has 0 aromatic heterocycles. The molecule has 2 atom stereocenters. The summed E-state index contributed by atoms with van der Waals surface area (Å²) >= 11 is 0. The summed E-state index contributed by atoms with van der Waals surface area (Å²) in [5, 5.41) is 3.49. The summed E-state index contributed by atoms with van der Waals surface area (Å²) < 4.78 is 19.1. The van der Waals surface area contributed by atoms with Crippen LogP contribution >= 0.6 is 0 Å². The van der Waals surface area contributed by atoms with Gasteiger partial charge in [-0.1, -0.05) is 26.7 Å². The molecule has 0 amide bonds. The first-order valence-electron chi connectivity index (χ1n) is 8.29. The fourth-order valence-corrected chi connectivity index (χ4v) is 3.24. The zero-order valence-electron chi connectivity index (χ0n) is 13.5. The maximum Gasteiger partial charge on any atom is 0.167 e. The third-order valence-corrected chi connectivity index (χ3v) is 4.56. The molecule has 0 aliphatic heterocycles. The molecule has 1 aliphatic carbocycles. The van der Waals surface area contributed by atoms with E-state index in [9.17, 15) is 4.39 Å². The lowest BCUT2D eigenvalue weighted by molar-refractivity contribution is 0.321. The van der Waals surface area contributed by atoms with E-state index in [1.165, 1.54) is 32.1 Å². The molecule has 2 rings (SSSR count). The second-order valence-corrected chi connectivity index (χ2v) is 6.43. The van der Waals surface area contributed by atoms with Crippen LogP contribution in [0, 0.1) is 17.7 Å². The molecule has 0 radical (unpaired) electrons. The van der Waals surface area contributed by atoms with Crippen molar-refractivity contribution in [2.45, 2.75) is 58.9 Å². The molecule has 0 heterocycles. The standard InChI is InChI=1S/C18H28FNO/c1-4-21-18-11-10-16(12-17(18)19)20-15-7-5-6-14(8-9-15)13(2)3/h10-15,20H,4-9H2,1-3H3. The minimum absolute atomic E-state index is 0.282. The summed E-state index contributed by atoms with van der Waals surface area (Å²) in [6.45, 7) is 6.99. The minimum Gasteiger partial charge on any atom is -0.491 e. The molecule has 21 heavy (non-hydrogen) atoms. The summed E-state index contributed by atoms with van der Waals surface area (Å²) in [6.07, 6.45) is 6.22. The van der Waals surface area contributed by atoms with Gasteiger partial charge in [0.15, 0.2) is 11.6 Å². The smallest absolute Gasteiger partial charge is 0.167 e. The first-order valence-corrected chi connectivity index (χ1v) is 8.29. The van der Waals surface area contributed by atoms with Crippen LogP contribution in [0.5, 0.6) is 5.75 Å². The van der Waals surface area contributed by atoms with E-state index in [1.54, 1.807) is 12.1 Å². The molecule has 3 heteroatoms. The van der Waals surface area contributed by atoms with Crippen molar-refractivity contribution in [3.8, 4) is 5.75 Å². The summed E-state index contributed by atoms with van der Waals surface area (Å²) in [7, 11) is 0. The van der Waals surface area contributed by atoms with Crippen LogP contribution in [0.4, 0.5) is 10.1 Å². The van der Waals surface area contributed by atoms with Gasteiger partial charge in [0.1, 0.15) is 0 Å². The van der Waals surface area contributed by atoms with Crippen LogP contribution in [0.3, 0.4) is 0 Å². The monoisotopic (exact) mass is 293 g/mol. The zero-order chi connectivity index (χ0) is 15.2. The van der Waals surface area contributed by atoms with Gasteiger partial charge in [-0.3, -0.25) is 0 Å². The van der Waals surface area contributed by atoms with Gasteiger partial charge in [0.05, 0.1) is 6.61 Å². The van der Waals surface area contributed by atoms with Gasteiger partial charge in [-0.2, -0.15) is 0 Å². The molecular formula is C18H28FNO. The van der Waals surface area contributed by atoms with Crippen molar-refractivity contribution in [1.82, 2.24) is 0 Å². The molecule has 118 valence electrons. The Morgan fingerprint density at radius 1 is 1.24 bits per heavy atom. The van der Waals surface area contributed by atoms with Crippen LogP contribution < -0.4 is 10.1 Å². The average molecular weight is 293 g/mol. The van der Waals surface area contributed by atoms with Crippen LogP contribution in [0.15, 0.2) is 18.2 Å². The van der Waals surface area contributed by atoms with Gasteiger partial charge in [-0.25, -0.2) is 4.39 Å². The molecule has 1 aromatic rings. The van der Waals surface area contributed by atoms with Crippen molar-refractivity contribution in [2.24, 2.45) is 11.8 Å². The van der Waals surface area contributed by atoms with Gasteiger partial charge in [-0.15, -0.1) is 0 Å². The van der Waals surface area contributed by atoms with Gasteiger partial charge >= 0.3 is 0 Å². The largest absolute Gasteiger partial charge is 0.491 e. The van der Waals surface area contributed by atoms with Crippen molar-refractivity contribution in [3.63, 3.8) is 0 Å². The van der Waals surface area contributed by atoms with Crippen molar-refractivity contribution in [2.75, 3.05) is 11.9 Å². The van der Waals surface area contributed by atoms with E-state index in [1.807, 2.05) is 13.0 Å². The first-order chi connectivity index (χ1) is 10.1. The molecule has 2 nitrogen and oxygen atoms in total. The number of ether oxygens (including phenoxy) is 1. The number of halogens is 1. The molecule has 2 unspecified atom stereocenters. The Morgan fingerprint density at radius 3 is 2.71 bits per heavy atom. The Kier molecular flexibility index (Phi) is 5.89. The summed E-state index contributed by atoms with van der Waals surface area (Å²) in [5.74, 6) is 1.67. The lowest BCUT2D eigenvalue weighted by Crippen LogP contribution is -2.18. The van der Waals surface area contributed by atoms with Crippen molar-refractivity contribution >= 4 is 5.69 Å². The molecule has 1 N–H and O–H groups in total. The Balaban J connectivity index is 1.94. The van der Waals surface area contributed by atoms with E-state index in [0.717, 1.165) is 17.5 Å². The van der Waals surface area contributed by atoms with E-state index in [0.29, 0.717) is 18.4 Å². The number of benzene rings is 1. The van der Waals surface area contributed by atoms with Crippen LogP contribution in [-0.4, -0.2) is 12.6 Å². The average Bonchev–Trinajstić information content (AvgIpc) is 2.68. The zero-order valence-corrected chi connectivity index (χ0v) is 13.5. The molecule has 0 bridgehead atoms. The van der Waals surface area contributed by atoms with Gasteiger partial charge in [0.2, 0.25) is 0 Å². The van der Waals surface area contributed by atoms with Crippen LogP contribution in [0.25, 0.3) is 0 Å². The normalized spacial score (nSPS) is 22.9. The van der Waals surface area contributed by atoms with Crippen LogP contribution in [-0.2, 0) is 0 Å². The maximum atomic E-state index is 13.9. The minimum atomic E-state index is -0.282. The van der Waals surface area contributed by atoms with Crippen LogP contribution in [0.1, 0.15) is 52.9 Å². The highest BCUT2D eigenvalue weighted by Crippen LogP contribution is 2.30. The van der Waals surface area contributed by atoms with Gasteiger partial charge in [0, 0.05) is 17.8 Å². The SMILES string of the molecule is CCOc1ccc(NC2CCCC(C(C)C)CC2)cc1F. The first kappa shape index (κ1) is 16.1. The van der Waals surface area contributed by atoms with Crippen molar-refractivity contribution < 1.29 is 9.13 Å². The van der Waals surface area contributed by atoms with Crippen LogP contribution in [0.2, 0.25) is 0 Å².